The summed E-state index contributed by atoms with van der Waals surface area (Å²) in [5, 5.41) is 4.28. The highest BCUT2D eigenvalue weighted by Gasteiger charge is 2.30. The lowest BCUT2D eigenvalue weighted by molar-refractivity contribution is -0.142. The van der Waals surface area contributed by atoms with Gasteiger partial charge in [-0.25, -0.2) is 0 Å². The first-order valence-electron chi connectivity index (χ1n) is 10.8. The van der Waals surface area contributed by atoms with Crippen LogP contribution in [0.3, 0.4) is 0 Å². The van der Waals surface area contributed by atoms with Crippen LogP contribution in [0.25, 0.3) is 0 Å². The molecule has 7 heteroatoms. The van der Waals surface area contributed by atoms with Gasteiger partial charge in [0.05, 0.1) is 6.61 Å². The molecule has 0 radical (unpaired) electrons. The summed E-state index contributed by atoms with van der Waals surface area (Å²) in [6.07, 6.45) is 1.33. The monoisotopic (exact) mass is 478 g/mol. The lowest BCUT2D eigenvalue weighted by Gasteiger charge is -2.33. The molecule has 0 saturated carbocycles. The average molecular weight is 479 g/mol. The molecule has 174 valence electrons. The topological polar surface area (TPSA) is 58.6 Å². The summed E-state index contributed by atoms with van der Waals surface area (Å²) in [4.78, 5) is 27.8. The summed E-state index contributed by atoms with van der Waals surface area (Å²) in [6.45, 7) is 8.43. The number of carbonyl (C=O) groups excluding carboxylic acids is 2. The molecular weight excluding hydrogens is 447 g/mol. The summed E-state index contributed by atoms with van der Waals surface area (Å²) in [6, 6.07) is 13.9. The van der Waals surface area contributed by atoms with Crippen LogP contribution in [0.1, 0.15) is 52.5 Å². The molecule has 0 aliphatic heterocycles. The molecule has 0 aliphatic rings. The number of nitrogens with one attached hydrogen (secondary N) is 1. The van der Waals surface area contributed by atoms with E-state index in [-0.39, 0.29) is 23.8 Å². The number of hydrogen-bond acceptors (Lipinski definition) is 3. The van der Waals surface area contributed by atoms with Gasteiger partial charge in [0.25, 0.3) is 0 Å². The van der Waals surface area contributed by atoms with Crippen molar-refractivity contribution in [3.05, 3.63) is 64.1 Å². The van der Waals surface area contributed by atoms with Crippen LogP contribution in [0.5, 0.6) is 5.75 Å². The first kappa shape index (κ1) is 26.0. The van der Waals surface area contributed by atoms with Crippen LogP contribution in [0.15, 0.2) is 48.5 Å². The predicted octanol–water partition coefficient (Wildman–Crippen LogP) is 5.87. The fraction of sp³-hybridized carbons (Fsp3) is 0.440. The minimum atomic E-state index is -0.561. The second-order valence-electron chi connectivity index (χ2n) is 8.72. The molecule has 1 unspecified atom stereocenters. The molecule has 2 rings (SSSR count). The van der Waals surface area contributed by atoms with E-state index in [2.05, 4.69) is 5.32 Å². The molecule has 0 fully saturated rings. The van der Waals surface area contributed by atoms with E-state index in [0.29, 0.717) is 41.8 Å². The molecule has 1 atom stereocenters. The zero-order valence-electron chi connectivity index (χ0n) is 19.2. The third-order valence-corrected chi connectivity index (χ3v) is 5.27. The van der Waals surface area contributed by atoms with Gasteiger partial charge in [-0.2, -0.15) is 0 Å². The second kappa shape index (κ2) is 12.1. The molecule has 2 aromatic carbocycles. The molecule has 1 N–H and O–H groups in total. The molecule has 0 saturated heterocycles. The van der Waals surface area contributed by atoms with Crippen LogP contribution in [-0.4, -0.2) is 34.9 Å². The Morgan fingerprint density at radius 1 is 1.00 bits per heavy atom. The van der Waals surface area contributed by atoms with Gasteiger partial charge >= 0.3 is 0 Å². The normalized spacial score (nSPS) is 12.2. The van der Waals surface area contributed by atoms with E-state index in [4.69, 9.17) is 27.9 Å². The quantitative estimate of drug-likeness (QED) is 0.434. The second-order valence-corrected chi connectivity index (χ2v) is 9.59. The van der Waals surface area contributed by atoms with Crippen molar-refractivity contribution in [2.75, 3.05) is 6.61 Å². The Hall–Kier alpha value is -2.24. The standard InChI is InChI=1S/C25H32Cl2N2O3/c1-5-22(24(31)28-25(2,3)4)29(17-18-8-10-19(26)11-9-18)23(30)7-6-16-32-21-14-12-20(27)13-15-21/h8-15,22H,5-7,16-17H2,1-4H3,(H,28,31). The van der Waals surface area contributed by atoms with E-state index < -0.39 is 6.04 Å². The molecule has 0 heterocycles. The molecule has 0 bridgehead atoms. The summed E-state index contributed by atoms with van der Waals surface area (Å²) in [5.74, 6) is 0.464. The van der Waals surface area contributed by atoms with E-state index in [1.165, 1.54) is 0 Å². The van der Waals surface area contributed by atoms with Gasteiger partial charge in [0.15, 0.2) is 0 Å². The molecule has 0 aromatic heterocycles. The van der Waals surface area contributed by atoms with Gasteiger partial charge in [-0.05, 0) is 75.6 Å². The summed E-state index contributed by atoms with van der Waals surface area (Å²) in [7, 11) is 0. The van der Waals surface area contributed by atoms with Crippen LogP contribution < -0.4 is 10.1 Å². The summed E-state index contributed by atoms with van der Waals surface area (Å²) < 4.78 is 5.70. The zero-order valence-corrected chi connectivity index (χ0v) is 20.7. The van der Waals surface area contributed by atoms with Crippen LogP contribution in [0.4, 0.5) is 0 Å². The Kier molecular flexibility index (Phi) is 9.85. The van der Waals surface area contributed by atoms with Gasteiger partial charge in [0.1, 0.15) is 11.8 Å². The van der Waals surface area contributed by atoms with Crippen molar-refractivity contribution in [1.82, 2.24) is 10.2 Å². The lowest BCUT2D eigenvalue weighted by atomic mass is 10.0. The Morgan fingerprint density at radius 2 is 1.56 bits per heavy atom. The van der Waals surface area contributed by atoms with Gasteiger partial charge in [-0.1, -0.05) is 42.3 Å². The van der Waals surface area contributed by atoms with Crippen LogP contribution in [0, 0.1) is 0 Å². The van der Waals surface area contributed by atoms with E-state index in [0.717, 1.165) is 5.56 Å². The Labute approximate surface area is 201 Å². The largest absolute Gasteiger partial charge is 0.494 e. The summed E-state index contributed by atoms with van der Waals surface area (Å²) >= 11 is 11.9. The Bertz CT molecular complexity index is 878. The molecule has 2 amide bonds. The minimum absolute atomic E-state index is 0.0874. The fourth-order valence-electron chi connectivity index (χ4n) is 3.25. The highest BCUT2D eigenvalue weighted by molar-refractivity contribution is 6.30. The van der Waals surface area contributed by atoms with Gasteiger partial charge in [-0.15, -0.1) is 0 Å². The minimum Gasteiger partial charge on any atom is -0.494 e. The Morgan fingerprint density at radius 3 is 2.09 bits per heavy atom. The number of benzene rings is 2. The molecule has 0 aliphatic carbocycles. The molecular formula is C25H32Cl2N2O3. The van der Waals surface area contributed by atoms with Crippen molar-refractivity contribution in [3.8, 4) is 5.75 Å². The molecule has 0 spiro atoms. The maximum absolute atomic E-state index is 13.2. The first-order chi connectivity index (χ1) is 15.1. The third kappa shape index (κ3) is 8.71. The van der Waals surface area contributed by atoms with E-state index in [1.807, 2.05) is 39.8 Å². The maximum Gasteiger partial charge on any atom is 0.243 e. The van der Waals surface area contributed by atoms with Gasteiger partial charge in [0.2, 0.25) is 11.8 Å². The van der Waals surface area contributed by atoms with Crippen molar-refractivity contribution < 1.29 is 14.3 Å². The Balaban J connectivity index is 2.07. The van der Waals surface area contributed by atoms with Crippen molar-refractivity contribution in [1.29, 1.82) is 0 Å². The number of carbonyl (C=O) groups is 2. The average Bonchev–Trinajstić information content (AvgIpc) is 2.72. The maximum atomic E-state index is 13.2. The fourth-order valence-corrected chi connectivity index (χ4v) is 3.50. The highest BCUT2D eigenvalue weighted by Crippen LogP contribution is 2.18. The first-order valence-corrected chi connectivity index (χ1v) is 11.6. The van der Waals surface area contributed by atoms with Crippen LogP contribution in [0.2, 0.25) is 10.0 Å². The number of ether oxygens (including phenoxy) is 1. The third-order valence-electron chi connectivity index (χ3n) is 4.77. The molecule has 32 heavy (non-hydrogen) atoms. The SMILES string of the molecule is CCC(C(=O)NC(C)(C)C)N(Cc1ccc(Cl)cc1)C(=O)CCCOc1ccc(Cl)cc1. The van der Waals surface area contributed by atoms with Gasteiger partial charge < -0.3 is 15.0 Å². The van der Waals surface area contributed by atoms with Crippen LogP contribution in [-0.2, 0) is 16.1 Å². The summed E-state index contributed by atoms with van der Waals surface area (Å²) in [5.41, 5.74) is 0.536. The van der Waals surface area contributed by atoms with Gasteiger partial charge in [0, 0.05) is 28.5 Å². The number of nitrogens with zero attached hydrogens (tertiary/aromatic N) is 1. The number of hydrogen-bond donors (Lipinski definition) is 1. The number of rotatable bonds is 10. The zero-order chi connectivity index (χ0) is 23.7. The smallest absolute Gasteiger partial charge is 0.243 e. The van der Waals surface area contributed by atoms with Gasteiger partial charge in [-0.3, -0.25) is 9.59 Å². The van der Waals surface area contributed by atoms with Crippen molar-refractivity contribution in [2.45, 2.75) is 65.1 Å². The van der Waals surface area contributed by atoms with E-state index in [9.17, 15) is 9.59 Å². The van der Waals surface area contributed by atoms with Crippen molar-refractivity contribution >= 4 is 35.0 Å². The lowest BCUT2D eigenvalue weighted by Crippen LogP contribution is -2.53. The van der Waals surface area contributed by atoms with Crippen molar-refractivity contribution in [2.24, 2.45) is 0 Å². The molecule has 5 nitrogen and oxygen atoms in total. The molecule has 2 aromatic rings. The van der Waals surface area contributed by atoms with E-state index >= 15 is 0 Å². The van der Waals surface area contributed by atoms with Crippen LogP contribution >= 0.6 is 23.2 Å². The highest BCUT2D eigenvalue weighted by atomic mass is 35.5. The predicted molar refractivity (Wildman–Crippen MR) is 130 cm³/mol. The number of amides is 2. The van der Waals surface area contributed by atoms with E-state index in [1.54, 1.807) is 41.3 Å². The number of halogens is 2. The van der Waals surface area contributed by atoms with Crippen molar-refractivity contribution in [3.63, 3.8) is 0 Å².